The fraction of sp³-hybridized carbons (Fsp3) is 0.500. The van der Waals surface area contributed by atoms with E-state index < -0.39 is 26.6 Å². The van der Waals surface area contributed by atoms with Gasteiger partial charge in [0.05, 0.1) is 0 Å². The summed E-state index contributed by atoms with van der Waals surface area (Å²) in [7, 11) is -4.20. The monoisotopic (exact) mass is 292 g/mol. The summed E-state index contributed by atoms with van der Waals surface area (Å²) >= 11 is 0. The molecule has 0 unspecified atom stereocenters. The second-order valence-corrected chi connectivity index (χ2v) is 6.54. The first-order valence-corrected chi connectivity index (χ1v) is 7.38. The molecule has 0 amide bonds. The van der Waals surface area contributed by atoms with E-state index >= 15 is 0 Å². The van der Waals surface area contributed by atoms with Crippen LogP contribution in [-0.2, 0) is 10.0 Å². The van der Waals surface area contributed by atoms with Crippen LogP contribution in [0.3, 0.4) is 0 Å². The summed E-state index contributed by atoms with van der Waals surface area (Å²) in [5.74, 6) is -2.28. The quantitative estimate of drug-likeness (QED) is 0.846. The van der Waals surface area contributed by atoms with Crippen LogP contribution >= 0.6 is 0 Å². The highest BCUT2D eigenvalue weighted by Gasteiger charge is 2.30. The summed E-state index contributed by atoms with van der Waals surface area (Å²) in [6.45, 7) is 5.61. The Morgan fingerprint density at radius 1 is 1.26 bits per heavy atom. The number of rotatable bonds is 5. The molecule has 4 nitrogen and oxygen atoms in total. The van der Waals surface area contributed by atoms with Crippen molar-refractivity contribution < 1.29 is 17.2 Å². The SMILES string of the molecule is CCN(CC(C)C)S(=O)(=O)c1c(F)cc(N)cc1F. The van der Waals surface area contributed by atoms with E-state index in [-0.39, 0.29) is 24.7 Å². The average Bonchev–Trinajstić information content (AvgIpc) is 2.23. The molecular formula is C12H18F2N2O2S. The van der Waals surface area contributed by atoms with E-state index in [0.717, 1.165) is 16.4 Å². The average molecular weight is 292 g/mol. The molecule has 0 atom stereocenters. The molecule has 1 rings (SSSR count). The Kier molecular flexibility index (Phi) is 4.86. The first-order valence-electron chi connectivity index (χ1n) is 5.94. The van der Waals surface area contributed by atoms with Crippen molar-refractivity contribution in [2.24, 2.45) is 5.92 Å². The number of hydrogen-bond acceptors (Lipinski definition) is 3. The highest BCUT2D eigenvalue weighted by atomic mass is 32.2. The minimum atomic E-state index is -4.20. The zero-order valence-corrected chi connectivity index (χ0v) is 12.0. The molecule has 0 aliphatic heterocycles. The van der Waals surface area contributed by atoms with Gasteiger partial charge in [0.15, 0.2) is 4.90 Å². The molecule has 1 aromatic carbocycles. The van der Waals surface area contributed by atoms with Gasteiger partial charge in [-0.05, 0) is 18.1 Å². The van der Waals surface area contributed by atoms with Crippen LogP contribution in [0.4, 0.5) is 14.5 Å². The molecule has 0 heterocycles. The maximum atomic E-state index is 13.7. The van der Waals surface area contributed by atoms with Gasteiger partial charge in [-0.25, -0.2) is 17.2 Å². The molecule has 0 radical (unpaired) electrons. The third-order valence-corrected chi connectivity index (χ3v) is 4.53. The smallest absolute Gasteiger partial charge is 0.248 e. The summed E-state index contributed by atoms with van der Waals surface area (Å²) in [4.78, 5) is -0.941. The number of sulfonamides is 1. The highest BCUT2D eigenvalue weighted by Crippen LogP contribution is 2.25. The van der Waals surface area contributed by atoms with Gasteiger partial charge in [-0.2, -0.15) is 4.31 Å². The van der Waals surface area contributed by atoms with Crippen LogP contribution in [0.25, 0.3) is 0 Å². The minimum Gasteiger partial charge on any atom is -0.399 e. The number of anilines is 1. The lowest BCUT2D eigenvalue weighted by Gasteiger charge is -2.22. The number of halogens is 2. The van der Waals surface area contributed by atoms with Crippen LogP contribution in [0.5, 0.6) is 0 Å². The molecule has 0 spiro atoms. The van der Waals surface area contributed by atoms with Crippen molar-refractivity contribution in [3.8, 4) is 0 Å². The van der Waals surface area contributed by atoms with Gasteiger partial charge in [0.25, 0.3) is 0 Å². The van der Waals surface area contributed by atoms with Crippen LogP contribution in [-0.4, -0.2) is 25.8 Å². The summed E-state index contributed by atoms with van der Waals surface area (Å²) in [5, 5.41) is 0. The molecule has 0 aliphatic rings. The van der Waals surface area contributed by atoms with Crippen LogP contribution in [0.1, 0.15) is 20.8 Å². The van der Waals surface area contributed by atoms with E-state index in [4.69, 9.17) is 5.73 Å². The molecule has 2 N–H and O–H groups in total. The zero-order valence-electron chi connectivity index (χ0n) is 11.2. The fourth-order valence-electron chi connectivity index (χ4n) is 1.76. The number of nitrogens with zero attached hydrogens (tertiary/aromatic N) is 1. The Balaban J connectivity index is 3.34. The van der Waals surface area contributed by atoms with Gasteiger partial charge in [0, 0.05) is 18.8 Å². The molecule has 0 aromatic heterocycles. The van der Waals surface area contributed by atoms with Crippen LogP contribution in [0, 0.1) is 17.6 Å². The van der Waals surface area contributed by atoms with E-state index in [1.165, 1.54) is 0 Å². The number of benzene rings is 1. The van der Waals surface area contributed by atoms with Gasteiger partial charge in [-0.15, -0.1) is 0 Å². The predicted octanol–water partition coefficient (Wildman–Crippen LogP) is 2.21. The first kappa shape index (κ1) is 15.8. The molecule has 0 fully saturated rings. The Bertz CT molecular complexity index is 536. The number of nitrogens with two attached hydrogens (primary N) is 1. The third-order valence-electron chi connectivity index (χ3n) is 2.54. The Hall–Kier alpha value is -1.21. The van der Waals surface area contributed by atoms with Crippen LogP contribution in [0.15, 0.2) is 17.0 Å². The van der Waals surface area contributed by atoms with Crippen molar-refractivity contribution in [2.75, 3.05) is 18.8 Å². The second-order valence-electron chi connectivity index (χ2n) is 4.66. The molecule has 19 heavy (non-hydrogen) atoms. The summed E-state index contributed by atoms with van der Waals surface area (Å²) in [6.07, 6.45) is 0. The van der Waals surface area contributed by atoms with Gasteiger partial charge in [-0.3, -0.25) is 0 Å². The Labute approximate surface area is 112 Å². The molecule has 0 aliphatic carbocycles. The molecule has 108 valence electrons. The predicted molar refractivity (Wildman–Crippen MR) is 70.0 cm³/mol. The van der Waals surface area contributed by atoms with Crippen molar-refractivity contribution in [1.29, 1.82) is 0 Å². The lowest BCUT2D eigenvalue weighted by atomic mass is 10.2. The van der Waals surface area contributed by atoms with Crippen molar-refractivity contribution in [2.45, 2.75) is 25.7 Å². The van der Waals surface area contributed by atoms with Gasteiger partial charge in [0.1, 0.15) is 11.6 Å². The normalized spacial score (nSPS) is 12.4. The maximum absolute atomic E-state index is 13.7. The molecule has 7 heteroatoms. The lowest BCUT2D eigenvalue weighted by Crippen LogP contribution is -2.35. The Morgan fingerprint density at radius 2 is 1.74 bits per heavy atom. The fourth-order valence-corrected chi connectivity index (χ4v) is 3.46. The maximum Gasteiger partial charge on any atom is 0.248 e. The van der Waals surface area contributed by atoms with Crippen molar-refractivity contribution in [1.82, 2.24) is 4.31 Å². The standard InChI is InChI=1S/C12H18F2N2O2S/c1-4-16(7-8(2)3)19(17,18)12-10(13)5-9(15)6-11(12)14/h5-6,8H,4,7,15H2,1-3H3. The number of hydrogen-bond donors (Lipinski definition) is 1. The third kappa shape index (κ3) is 3.42. The lowest BCUT2D eigenvalue weighted by molar-refractivity contribution is 0.375. The Morgan fingerprint density at radius 3 is 2.11 bits per heavy atom. The molecule has 1 aromatic rings. The van der Waals surface area contributed by atoms with Gasteiger partial charge in [0.2, 0.25) is 10.0 Å². The molecule has 0 bridgehead atoms. The van der Waals surface area contributed by atoms with E-state index in [0.29, 0.717) is 0 Å². The molecule has 0 saturated heterocycles. The molecule has 0 saturated carbocycles. The van der Waals surface area contributed by atoms with E-state index in [2.05, 4.69) is 0 Å². The largest absolute Gasteiger partial charge is 0.399 e. The number of nitrogen functional groups attached to an aromatic ring is 1. The van der Waals surface area contributed by atoms with Crippen molar-refractivity contribution in [3.05, 3.63) is 23.8 Å². The second kappa shape index (κ2) is 5.83. The van der Waals surface area contributed by atoms with E-state index in [9.17, 15) is 17.2 Å². The van der Waals surface area contributed by atoms with Gasteiger partial charge < -0.3 is 5.73 Å². The van der Waals surface area contributed by atoms with Crippen LogP contribution < -0.4 is 5.73 Å². The van der Waals surface area contributed by atoms with E-state index in [1.807, 2.05) is 13.8 Å². The van der Waals surface area contributed by atoms with Crippen molar-refractivity contribution >= 4 is 15.7 Å². The first-order chi connectivity index (χ1) is 8.70. The molecular weight excluding hydrogens is 274 g/mol. The van der Waals surface area contributed by atoms with E-state index in [1.54, 1.807) is 6.92 Å². The zero-order chi connectivity index (χ0) is 14.8. The van der Waals surface area contributed by atoms with Crippen molar-refractivity contribution in [3.63, 3.8) is 0 Å². The topological polar surface area (TPSA) is 63.4 Å². The van der Waals surface area contributed by atoms with Crippen LogP contribution in [0.2, 0.25) is 0 Å². The summed E-state index contributed by atoms with van der Waals surface area (Å²) in [5.41, 5.74) is 5.12. The summed E-state index contributed by atoms with van der Waals surface area (Å²) in [6, 6.07) is 1.61. The van der Waals surface area contributed by atoms with Gasteiger partial charge in [-0.1, -0.05) is 20.8 Å². The minimum absolute atomic E-state index is 0.0506. The highest BCUT2D eigenvalue weighted by molar-refractivity contribution is 7.89. The van der Waals surface area contributed by atoms with Gasteiger partial charge >= 0.3 is 0 Å². The summed E-state index contributed by atoms with van der Waals surface area (Å²) < 4.78 is 53.0.